The summed E-state index contributed by atoms with van der Waals surface area (Å²) in [4.78, 5) is 7.91. The summed E-state index contributed by atoms with van der Waals surface area (Å²) in [5.41, 5.74) is 7.09. The van der Waals surface area contributed by atoms with Crippen molar-refractivity contribution in [2.45, 2.75) is 32.7 Å². The molecule has 1 unspecified atom stereocenters. The summed E-state index contributed by atoms with van der Waals surface area (Å²) in [6.07, 6.45) is 7.22. The average molecular weight is 179 g/mol. The molecule has 0 spiro atoms. The standard InChI is InChI=1S/C10H17N3/c1-8(2)10(11)4-3-9-5-12-7-13-6-9/h5-8,10H,3-4,11H2,1-2H3. The molecule has 2 N–H and O–H groups in total. The minimum Gasteiger partial charge on any atom is -0.327 e. The van der Waals surface area contributed by atoms with E-state index in [4.69, 9.17) is 5.73 Å². The molecular formula is C10H17N3. The van der Waals surface area contributed by atoms with Gasteiger partial charge >= 0.3 is 0 Å². The topological polar surface area (TPSA) is 51.8 Å². The van der Waals surface area contributed by atoms with Crippen molar-refractivity contribution in [3.05, 3.63) is 24.3 Å². The summed E-state index contributed by atoms with van der Waals surface area (Å²) >= 11 is 0. The fourth-order valence-electron chi connectivity index (χ4n) is 1.13. The Balaban J connectivity index is 2.35. The first-order valence-corrected chi connectivity index (χ1v) is 4.69. The Labute approximate surface area is 79.4 Å². The third-order valence-electron chi connectivity index (χ3n) is 2.24. The highest BCUT2D eigenvalue weighted by atomic mass is 14.8. The van der Waals surface area contributed by atoms with Gasteiger partial charge in [-0.15, -0.1) is 0 Å². The Morgan fingerprint density at radius 3 is 2.46 bits per heavy atom. The lowest BCUT2D eigenvalue weighted by Crippen LogP contribution is -2.26. The van der Waals surface area contributed by atoms with Gasteiger partial charge in [0.05, 0.1) is 0 Å². The highest BCUT2D eigenvalue weighted by Crippen LogP contribution is 2.07. The van der Waals surface area contributed by atoms with Crippen LogP contribution >= 0.6 is 0 Å². The van der Waals surface area contributed by atoms with Gasteiger partial charge in [0.25, 0.3) is 0 Å². The van der Waals surface area contributed by atoms with E-state index in [1.165, 1.54) is 5.56 Å². The third-order valence-corrected chi connectivity index (χ3v) is 2.24. The molecule has 0 amide bonds. The number of nitrogens with zero attached hydrogens (tertiary/aromatic N) is 2. The molecule has 3 nitrogen and oxygen atoms in total. The molecule has 0 bridgehead atoms. The van der Waals surface area contributed by atoms with Gasteiger partial charge in [-0.3, -0.25) is 0 Å². The second-order valence-corrected chi connectivity index (χ2v) is 3.69. The summed E-state index contributed by atoms with van der Waals surface area (Å²) in [6, 6.07) is 0.278. The van der Waals surface area contributed by atoms with Crippen LogP contribution < -0.4 is 5.73 Å². The minimum absolute atomic E-state index is 0.278. The second kappa shape index (κ2) is 4.92. The Hall–Kier alpha value is -0.960. The molecule has 72 valence electrons. The van der Waals surface area contributed by atoms with Gasteiger partial charge in [0.1, 0.15) is 6.33 Å². The Bertz CT molecular complexity index is 233. The molecule has 1 heterocycles. The van der Waals surface area contributed by atoms with E-state index >= 15 is 0 Å². The van der Waals surface area contributed by atoms with Crippen molar-refractivity contribution < 1.29 is 0 Å². The molecule has 0 aliphatic heterocycles. The lowest BCUT2D eigenvalue weighted by atomic mass is 9.99. The van der Waals surface area contributed by atoms with E-state index in [1.807, 2.05) is 12.4 Å². The number of aromatic nitrogens is 2. The maximum absolute atomic E-state index is 5.92. The monoisotopic (exact) mass is 179 g/mol. The van der Waals surface area contributed by atoms with Gasteiger partial charge in [-0.25, -0.2) is 9.97 Å². The smallest absolute Gasteiger partial charge is 0.115 e. The lowest BCUT2D eigenvalue weighted by Gasteiger charge is -2.14. The first-order valence-electron chi connectivity index (χ1n) is 4.69. The summed E-state index contributed by atoms with van der Waals surface area (Å²) in [5.74, 6) is 0.546. The van der Waals surface area contributed by atoms with Crippen molar-refractivity contribution >= 4 is 0 Å². The maximum Gasteiger partial charge on any atom is 0.115 e. The first kappa shape index (κ1) is 10.1. The Morgan fingerprint density at radius 2 is 1.92 bits per heavy atom. The van der Waals surface area contributed by atoms with E-state index in [9.17, 15) is 0 Å². The minimum atomic E-state index is 0.278. The highest BCUT2D eigenvalue weighted by molar-refractivity contribution is 5.02. The van der Waals surface area contributed by atoms with Gasteiger partial charge in [-0.2, -0.15) is 0 Å². The Kier molecular flexibility index (Phi) is 3.83. The molecule has 0 aliphatic rings. The molecular weight excluding hydrogens is 162 g/mol. The van der Waals surface area contributed by atoms with Crippen LogP contribution in [-0.2, 0) is 6.42 Å². The van der Waals surface area contributed by atoms with Crippen LogP contribution in [0.4, 0.5) is 0 Å². The zero-order chi connectivity index (χ0) is 9.68. The van der Waals surface area contributed by atoms with Crippen molar-refractivity contribution in [1.82, 2.24) is 9.97 Å². The van der Waals surface area contributed by atoms with E-state index in [0.29, 0.717) is 5.92 Å². The van der Waals surface area contributed by atoms with Crippen LogP contribution in [0, 0.1) is 5.92 Å². The highest BCUT2D eigenvalue weighted by Gasteiger charge is 2.07. The predicted octanol–water partition coefficient (Wildman–Crippen LogP) is 1.39. The van der Waals surface area contributed by atoms with Crippen LogP contribution in [0.3, 0.4) is 0 Å². The summed E-state index contributed by atoms with van der Waals surface area (Å²) in [5, 5.41) is 0. The van der Waals surface area contributed by atoms with Crippen LogP contribution in [0.25, 0.3) is 0 Å². The molecule has 0 aromatic carbocycles. The van der Waals surface area contributed by atoms with Gasteiger partial charge in [0.15, 0.2) is 0 Å². The molecule has 0 radical (unpaired) electrons. The molecule has 0 saturated heterocycles. The van der Waals surface area contributed by atoms with Gasteiger partial charge in [0.2, 0.25) is 0 Å². The molecule has 13 heavy (non-hydrogen) atoms. The molecule has 1 atom stereocenters. The number of rotatable bonds is 4. The van der Waals surface area contributed by atoms with E-state index in [2.05, 4.69) is 23.8 Å². The molecule has 1 rings (SSSR count). The van der Waals surface area contributed by atoms with Crippen LogP contribution in [0.15, 0.2) is 18.7 Å². The maximum atomic E-state index is 5.92. The van der Waals surface area contributed by atoms with Gasteiger partial charge < -0.3 is 5.73 Å². The zero-order valence-corrected chi connectivity index (χ0v) is 8.27. The van der Waals surface area contributed by atoms with Gasteiger partial charge in [-0.05, 0) is 24.3 Å². The van der Waals surface area contributed by atoms with E-state index in [1.54, 1.807) is 6.33 Å². The molecule has 1 aromatic rings. The number of hydrogen-bond donors (Lipinski definition) is 1. The quantitative estimate of drug-likeness (QED) is 0.760. The molecule has 0 aliphatic carbocycles. The normalized spacial score (nSPS) is 13.2. The number of nitrogens with two attached hydrogens (primary N) is 1. The first-order chi connectivity index (χ1) is 6.20. The van der Waals surface area contributed by atoms with Crippen LogP contribution in [-0.4, -0.2) is 16.0 Å². The largest absolute Gasteiger partial charge is 0.327 e. The van der Waals surface area contributed by atoms with Crippen molar-refractivity contribution in [3.63, 3.8) is 0 Å². The van der Waals surface area contributed by atoms with Crippen LogP contribution in [0.5, 0.6) is 0 Å². The van der Waals surface area contributed by atoms with E-state index < -0.39 is 0 Å². The fraction of sp³-hybridized carbons (Fsp3) is 0.600. The molecule has 0 fully saturated rings. The number of aryl methyl sites for hydroxylation is 1. The van der Waals surface area contributed by atoms with E-state index in [0.717, 1.165) is 12.8 Å². The van der Waals surface area contributed by atoms with Crippen molar-refractivity contribution in [1.29, 1.82) is 0 Å². The van der Waals surface area contributed by atoms with E-state index in [-0.39, 0.29) is 6.04 Å². The summed E-state index contributed by atoms with van der Waals surface area (Å²) in [7, 11) is 0. The predicted molar refractivity (Wildman–Crippen MR) is 53.2 cm³/mol. The van der Waals surface area contributed by atoms with Gasteiger partial charge in [0, 0.05) is 18.4 Å². The Morgan fingerprint density at radius 1 is 1.31 bits per heavy atom. The lowest BCUT2D eigenvalue weighted by molar-refractivity contribution is 0.464. The second-order valence-electron chi connectivity index (χ2n) is 3.69. The van der Waals surface area contributed by atoms with Crippen LogP contribution in [0.2, 0.25) is 0 Å². The molecule has 0 saturated carbocycles. The van der Waals surface area contributed by atoms with Crippen molar-refractivity contribution in [2.75, 3.05) is 0 Å². The van der Waals surface area contributed by atoms with Gasteiger partial charge in [-0.1, -0.05) is 13.8 Å². The molecule has 3 heteroatoms. The average Bonchev–Trinajstić information content (AvgIpc) is 2.15. The van der Waals surface area contributed by atoms with Crippen molar-refractivity contribution in [3.8, 4) is 0 Å². The number of hydrogen-bond acceptors (Lipinski definition) is 3. The third kappa shape index (κ3) is 3.51. The van der Waals surface area contributed by atoms with Crippen molar-refractivity contribution in [2.24, 2.45) is 11.7 Å². The summed E-state index contributed by atoms with van der Waals surface area (Å²) < 4.78 is 0. The summed E-state index contributed by atoms with van der Waals surface area (Å²) in [6.45, 7) is 4.29. The SMILES string of the molecule is CC(C)C(N)CCc1cncnc1. The van der Waals surface area contributed by atoms with Crippen LogP contribution in [0.1, 0.15) is 25.8 Å². The molecule has 1 aromatic heterocycles. The zero-order valence-electron chi connectivity index (χ0n) is 8.27. The fourth-order valence-corrected chi connectivity index (χ4v) is 1.13.